The number of rotatable bonds is 4. The Morgan fingerprint density at radius 3 is 2.83 bits per heavy atom. The number of amides is 1. The van der Waals surface area contributed by atoms with E-state index in [-0.39, 0.29) is 12.5 Å². The molecule has 1 N–H and O–H groups in total. The number of para-hydroxylation sites is 1. The molecule has 5 heteroatoms. The third-order valence-corrected chi connectivity index (χ3v) is 3.34. The topological polar surface area (TPSA) is 59.9 Å². The zero-order valence-electron chi connectivity index (χ0n) is 12.5. The van der Waals surface area contributed by atoms with Crippen LogP contribution in [0.2, 0.25) is 0 Å². The molecule has 1 heterocycles. The van der Waals surface area contributed by atoms with Crippen LogP contribution in [0, 0.1) is 12.3 Å². The van der Waals surface area contributed by atoms with E-state index in [1.807, 2.05) is 24.3 Å². The van der Waals surface area contributed by atoms with Gasteiger partial charge >= 0.3 is 0 Å². The van der Waals surface area contributed by atoms with Crippen LogP contribution in [0.1, 0.15) is 5.56 Å². The first-order valence-electron chi connectivity index (χ1n) is 6.96. The molecule has 0 fully saturated rings. The van der Waals surface area contributed by atoms with E-state index >= 15 is 0 Å². The number of carbonyl (C=O) groups is 1. The monoisotopic (exact) mass is 306 g/mol. The number of fused-ring (bicyclic) bond motifs is 1. The third kappa shape index (κ3) is 2.87. The van der Waals surface area contributed by atoms with E-state index in [1.165, 1.54) is 0 Å². The standard InChI is InChI=1S/C18H14N2O3/c1-3-10-23-16-11-12(8-9-15(16)22-2)19-17-13-6-4-5-7-14(13)20-18(17)21/h1,4-9,11H,10H2,2H3,(H,19,20,21). The zero-order valence-corrected chi connectivity index (χ0v) is 12.5. The van der Waals surface area contributed by atoms with Gasteiger partial charge in [-0.3, -0.25) is 4.79 Å². The van der Waals surface area contributed by atoms with Gasteiger partial charge in [-0.05, 0) is 18.2 Å². The summed E-state index contributed by atoms with van der Waals surface area (Å²) in [7, 11) is 1.55. The summed E-state index contributed by atoms with van der Waals surface area (Å²) in [6.07, 6.45) is 5.21. The summed E-state index contributed by atoms with van der Waals surface area (Å²) in [6.45, 7) is 0.125. The Balaban J connectivity index is 1.99. The molecule has 5 nitrogen and oxygen atoms in total. The molecular weight excluding hydrogens is 292 g/mol. The van der Waals surface area contributed by atoms with Crippen LogP contribution >= 0.6 is 0 Å². The molecule has 0 saturated heterocycles. The lowest BCUT2D eigenvalue weighted by Gasteiger charge is -2.09. The van der Waals surface area contributed by atoms with Gasteiger partial charge in [0.05, 0.1) is 18.5 Å². The molecule has 2 aromatic rings. The molecule has 3 rings (SSSR count). The number of hydrogen-bond acceptors (Lipinski definition) is 4. The van der Waals surface area contributed by atoms with Gasteiger partial charge in [0.1, 0.15) is 12.3 Å². The summed E-state index contributed by atoms with van der Waals surface area (Å²) in [5.74, 6) is 3.22. The molecule has 23 heavy (non-hydrogen) atoms. The van der Waals surface area contributed by atoms with Gasteiger partial charge in [0.2, 0.25) is 0 Å². The Morgan fingerprint density at radius 2 is 2.04 bits per heavy atom. The van der Waals surface area contributed by atoms with Crippen LogP contribution < -0.4 is 14.8 Å². The van der Waals surface area contributed by atoms with Crippen molar-refractivity contribution in [2.45, 2.75) is 0 Å². The molecule has 0 saturated carbocycles. The van der Waals surface area contributed by atoms with E-state index in [0.717, 1.165) is 11.3 Å². The van der Waals surface area contributed by atoms with E-state index in [4.69, 9.17) is 15.9 Å². The van der Waals surface area contributed by atoms with Crippen LogP contribution in [0.15, 0.2) is 47.5 Å². The number of aliphatic imine (C=N–C) groups is 1. The van der Waals surface area contributed by atoms with E-state index in [1.54, 1.807) is 25.3 Å². The van der Waals surface area contributed by atoms with E-state index in [9.17, 15) is 4.79 Å². The van der Waals surface area contributed by atoms with Crippen molar-refractivity contribution in [1.29, 1.82) is 0 Å². The highest BCUT2D eigenvalue weighted by molar-refractivity contribution is 6.54. The molecule has 0 aliphatic carbocycles. The first-order chi connectivity index (χ1) is 11.2. The van der Waals surface area contributed by atoms with Crippen LogP contribution in [0.4, 0.5) is 11.4 Å². The van der Waals surface area contributed by atoms with Gasteiger partial charge < -0.3 is 14.8 Å². The Labute approximate surface area is 134 Å². The van der Waals surface area contributed by atoms with Crippen LogP contribution in [0.3, 0.4) is 0 Å². The molecule has 0 aromatic heterocycles. The summed E-state index contributed by atoms with van der Waals surface area (Å²) in [4.78, 5) is 16.5. The summed E-state index contributed by atoms with van der Waals surface area (Å²) in [5, 5.41) is 2.79. The first-order valence-corrected chi connectivity index (χ1v) is 6.96. The number of benzene rings is 2. The normalized spacial score (nSPS) is 14.1. The van der Waals surface area contributed by atoms with Crippen LogP contribution in [-0.4, -0.2) is 25.3 Å². The minimum atomic E-state index is -0.229. The van der Waals surface area contributed by atoms with Gasteiger partial charge in [-0.15, -0.1) is 6.42 Å². The second-order valence-corrected chi connectivity index (χ2v) is 4.79. The molecule has 1 amide bonds. The quantitative estimate of drug-likeness (QED) is 0.884. The predicted octanol–water partition coefficient (Wildman–Crippen LogP) is 2.78. The van der Waals surface area contributed by atoms with Crippen molar-refractivity contribution in [3.8, 4) is 23.8 Å². The fraction of sp³-hybridized carbons (Fsp3) is 0.111. The average molecular weight is 306 g/mol. The largest absolute Gasteiger partial charge is 0.493 e. The van der Waals surface area contributed by atoms with Crippen LogP contribution in [-0.2, 0) is 4.79 Å². The SMILES string of the molecule is C#CCOc1cc(N=C2C(=O)Nc3ccccc32)ccc1OC. The van der Waals surface area contributed by atoms with Crippen molar-refractivity contribution in [3.05, 3.63) is 48.0 Å². The predicted molar refractivity (Wildman–Crippen MR) is 88.6 cm³/mol. The Morgan fingerprint density at radius 1 is 1.22 bits per heavy atom. The Kier molecular flexibility index (Phi) is 3.98. The lowest BCUT2D eigenvalue weighted by atomic mass is 10.1. The van der Waals surface area contributed by atoms with Gasteiger partial charge in [-0.2, -0.15) is 0 Å². The first kappa shape index (κ1) is 14.7. The van der Waals surface area contributed by atoms with Crippen molar-refractivity contribution >= 4 is 23.0 Å². The molecule has 2 aromatic carbocycles. The molecule has 1 aliphatic rings. The minimum absolute atomic E-state index is 0.125. The number of terminal acetylenes is 1. The van der Waals surface area contributed by atoms with E-state index in [2.05, 4.69) is 16.2 Å². The summed E-state index contributed by atoms with van der Waals surface area (Å²) in [6, 6.07) is 12.6. The van der Waals surface area contributed by atoms with Gasteiger partial charge in [0.15, 0.2) is 11.5 Å². The fourth-order valence-corrected chi connectivity index (χ4v) is 2.31. The van der Waals surface area contributed by atoms with Gasteiger partial charge in [-0.25, -0.2) is 4.99 Å². The highest BCUT2D eigenvalue weighted by atomic mass is 16.5. The second-order valence-electron chi connectivity index (χ2n) is 4.79. The number of ether oxygens (including phenoxy) is 2. The zero-order chi connectivity index (χ0) is 16.2. The molecule has 114 valence electrons. The fourth-order valence-electron chi connectivity index (χ4n) is 2.31. The number of nitrogens with one attached hydrogen (secondary N) is 1. The lowest BCUT2D eigenvalue weighted by molar-refractivity contribution is -0.110. The lowest BCUT2D eigenvalue weighted by Crippen LogP contribution is -2.13. The summed E-state index contributed by atoms with van der Waals surface area (Å²) in [5.41, 5.74) is 2.49. The minimum Gasteiger partial charge on any atom is -0.493 e. The number of anilines is 1. The van der Waals surface area contributed by atoms with E-state index in [0.29, 0.717) is 22.9 Å². The maximum absolute atomic E-state index is 12.1. The van der Waals surface area contributed by atoms with Crippen molar-refractivity contribution in [3.63, 3.8) is 0 Å². The third-order valence-electron chi connectivity index (χ3n) is 3.34. The highest BCUT2D eigenvalue weighted by Gasteiger charge is 2.25. The van der Waals surface area contributed by atoms with Crippen molar-refractivity contribution in [1.82, 2.24) is 0 Å². The molecular formula is C18H14N2O3. The molecule has 0 atom stereocenters. The smallest absolute Gasteiger partial charge is 0.275 e. The Bertz CT molecular complexity index is 834. The van der Waals surface area contributed by atoms with Gasteiger partial charge in [-0.1, -0.05) is 24.1 Å². The van der Waals surface area contributed by atoms with Crippen LogP contribution in [0.5, 0.6) is 11.5 Å². The van der Waals surface area contributed by atoms with Crippen molar-refractivity contribution in [2.24, 2.45) is 4.99 Å². The van der Waals surface area contributed by atoms with E-state index < -0.39 is 0 Å². The molecule has 1 aliphatic heterocycles. The Hall–Kier alpha value is -3.26. The van der Waals surface area contributed by atoms with Crippen LogP contribution in [0.25, 0.3) is 0 Å². The van der Waals surface area contributed by atoms with Gasteiger partial charge in [0.25, 0.3) is 5.91 Å². The maximum Gasteiger partial charge on any atom is 0.275 e. The van der Waals surface area contributed by atoms with Gasteiger partial charge in [0, 0.05) is 11.6 Å². The highest BCUT2D eigenvalue weighted by Crippen LogP contribution is 2.33. The molecule has 0 radical (unpaired) electrons. The summed E-state index contributed by atoms with van der Waals surface area (Å²) >= 11 is 0. The average Bonchev–Trinajstić information content (AvgIpc) is 2.89. The summed E-state index contributed by atoms with van der Waals surface area (Å²) < 4.78 is 10.7. The number of hydrogen-bond donors (Lipinski definition) is 1. The molecule has 0 unspecified atom stereocenters. The maximum atomic E-state index is 12.1. The second kappa shape index (κ2) is 6.24. The number of methoxy groups -OCH3 is 1. The molecule has 0 bridgehead atoms. The van der Waals surface area contributed by atoms with Crippen molar-refractivity contribution < 1.29 is 14.3 Å². The number of nitrogens with zero attached hydrogens (tertiary/aromatic N) is 1. The van der Waals surface area contributed by atoms with Crippen molar-refractivity contribution in [2.75, 3.05) is 19.0 Å². The number of carbonyl (C=O) groups excluding carboxylic acids is 1. The molecule has 0 spiro atoms.